The molecule has 0 aliphatic rings. The first kappa shape index (κ1) is 19.7. The third kappa shape index (κ3) is 6.78. The Hall–Kier alpha value is -1.33. The summed E-state index contributed by atoms with van der Waals surface area (Å²) in [5, 5.41) is 2.83. The molecule has 0 fully saturated rings. The fraction of sp³-hybridized carbons (Fsp3) is 0.600. The maximum atomic E-state index is 11.8. The third-order valence-corrected chi connectivity index (χ3v) is 3.28. The highest BCUT2D eigenvalue weighted by molar-refractivity contribution is 5.85. The molecule has 1 amide bonds. The van der Waals surface area contributed by atoms with E-state index in [1.54, 1.807) is 6.20 Å². The van der Waals surface area contributed by atoms with Gasteiger partial charge in [0.05, 0.1) is 12.6 Å². The molecule has 21 heavy (non-hydrogen) atoms. The van der Waals surface area contributed by atoms with Crippen LogP contribution >= 0.6 is 12.4 Å². The topological polar surface area (TPSA) is 77.2 Å². The fourth-order valence-electron chi connectivity index (χ4n) is 1.63. The van der Waals surface area contributed by atoms with Gasteiger partial charge < -0.3 is 15.8 Å². The number of rotatable bonds is 8. The van der Waals surface area contributed by atoms with Crippen LogP contribution in [-0.2, 0) is 11.3 Å². The summed E-state index contributed by atoms with van der Waals surface area (Å²) < 4.78 is 5.40. The molecule has 0 spiro atoms. The molecule has 2 unspecified atom stereocenters. The van der Waals surface area contributed by atoms with E-state index in [1.807, 2.05) is 32.9 Å². The molecule has 0 radical (unpaired) electrons. The third-order valence-electron chi connectivity index (χ3n) is 3.28. The van der Waals surface area contributed by atoms with Crippen LogP contribution in [0.4, 0.5) is 0 Å². The van der Waals surface area contributed by atoms with Gasteiger partial charge in [0.25, 0.3) is 0 Å². The summed E-state index contributed by atoms with van der Waals surface area (Å²) in [5.41, 5.74) is 6.80. The Bertz CT molecular complexity index is 412. The van der Waals surface area contributed by atoms with Gasteiger partial charge in [-0.3, -0.25) is 4.79 Å². The first-order chi connectivity index (χ1) is 9.58. The van der Waals surface area contributed by atoms with Gasteiger partial charge in [-0.15, -0.1) is 12.4 Å². The molecule has 1 aromatic heterocycles. The van der Waals surface area contributed by atoms with Crippen LogP contribution in [-0.4, -0.2) is 23.5 Å². The van der Waals surface area contributed by atoms with Gasteiger partial charge in [-0.25, -0.2) is 4.98 Å². The number of pyridine rings is 1. The van der Waals surface area contributed by atoms with Crippen molar-refractivity contribution < 1.29 is 9.53 Å². The Balaban J connectivity index is 0.00000400. The molecule has 0 saturated carbocycles. The zero-order chi connectivity index (χ0) is 15.0. The van der Waals surface area contributed by atoms with Crippen LogP contribution in [0.25, 0.3) is 0 Å². The Kier molecular flexibility index (Phi) is 9.75. The minimum Gasteiger partial charge on any atom is -0.478 e. The summed E-state index contributed by atoms with van der Waals surface area (Å²) in [6.45, 7) is 7.14. The van der Waals surface area contributed by atoms with Crippen molar-refractivity contribution in [3.8, 4) is 5.88 Å². The molecule has 0 aliphatic heterocycles. The smallest absolute Gasteiger partial charge is 0.237 e. The minimum atomic E-state index is -0.458. The molecule has 0 aliphatic carbocycles. The number of aromatic nitrogens is 1. The number of ether oxygens (including phenoxy) is 1. The highest BCUT2D eigenvalue weighted by atomic mass is 35.5. The number of carbonyl (C=O) groups is 1. The van der Waals surface area contributed by atoms with E-state index in [0.29, 0.717) is 19.0 Å². The molecule has 2 atom stereocenters. The lowest BCUT2D eigenvalue weighted by Crippen LogP contribution is -2.44. The highest BCUT2D eigenvalue weighted by Gasteiger charge is 2.18. The monoisotopic (exact) mass is 315 g/mol. The molecule has 0 aromatic carbocycles. The van der Waals surface area contributed by atoms with Crippen molar-refractivity contribution in [3.63, 3.8) is 0 Å². The maximum Gasteiger partial charge on any atom is 0.237 e. The maximum absolute atomic E-state index is 11.8. The van der Waals surface area contributed by atoms with Crippen molar-refractivity contribution in [1.82, 2.24) is 10.3 Å². The van der Waals surface area contributed by atoms with E-state index < -0.39 is 6.04 Å². The number of halogens is 1. The van der Waals surface area contributed by atoms with Crippen LogP contribution in [0, 0.1) is 5.92 Å². The van der Waals surface area contributed by atoms with Crippen molar-refractivity contribution in [2.45, 2.75) is 46.2 Å². The normalized spacial score (nSPS) is 13.0. The van der Waals surface area contributed by atoms with Crippen molar-refractivity contribution in [2.75, 3.05) is 6.61 Å². The van der Waals surface area contributed by atoms with E-state index in [4.69, 9.17) is 10.5 Å². The van der Waals surface area contributed by atoms with Gasteiger partial charge >= 0.3 is 0 Å². The summed E-state index contributed by atoms with van der Waals surface area (Å²) in [6.07, 6.45) is 3.55. The van der Waals surface area contributed by atoms with Crippen LogP contribution in [0.2, 0.25) is 0 Å². The van der Waals surface area contributed by atoms with E-state index in [9.17, 15) is 4.79 Å². The first-order valence-corrected chi connectivity index (χ1v) is 7.19. The van der Waals surface area contributed by atoms with Crippen molar-refractivity contribution in [3.05, 3.63) is 23.9 Å². The number of nitrogens with one attached hydrogen (secondary N) is 1. The zero-order valence-corrected chi connectivity index (χ0v) is 13.8. The molecule has 1 rings (SSSR count). The largest absolute Gasteiger partial charge is 0.478 e. The fourth-order valence-corrected chi connectivity index (χ4v) is 1.63. The SMILES string of the molecule is CCCOc1ccc(CNC(=O)C(N)C(C)CC)cn1.Cl. The van der Waals surface area contributed by atoms with Gasteiger partial charge in [0, 0.05) is 18.8 Å². The Labute approximate surface area is 133 Å². The van der Waals surface area contributed by atoms with Crippen molar-refractivity contribution in [1.29, 1.82) is 0 Å². The molecule has 0 saturated heterocycles. The van der Waals surface area contributed by atoms with Crippen LogP contribution in [0.1, 0.15) is 39.2 Å². The first-order valence-electron chi connectivity index (χ1n) is 7.19. The lowest BCUT2D eigenvalue weighted by molar-refractivity contribution is -0.123. The Morgan fingerprint density at radius 3 is 2.67 bits per heavy atom. The average molecular weight is 316 g/mol. The molecular formula is C15H26ClN3O2. The van der Waals surface area contributed by atoms with E-state index in [2.05, 4.69) is 10.3 Å². The number of nitrogens with zero attached hydrogens (tertiary/aromatic N) is 1. The van der Waals surface area contributed by atoms with Gasteiger partial charge in [0.15, 0.2) is 0 Å². The Morgan fingerprint density at radius 2 is 2.14 bits per heavy atom. The van der Waals surface area contributed by atoms with Crippen LogP contribution < -0.4 is 15.8 Å². The van der Waals surface area contributed by atoms with Gasteiger partial charge in [-0.05, 0) is 17.9 Å². The number of nitrogens with two attached hydrogens (primary N) is 1. The van der Waals surface area contributed by atoms with E-state index >= 15 is 0 Å². The second kappa shape index (κ2) is 10.4. The van der Waals surface area contributed by atoms with Crippen LogP contribution in [0.5, 0.6) is 5.88 Å². The van der Waals surface area contributed by atoms with Gasteiger partial charge in [0.1, 0.15) is 0 Å². The number of hydrogen-bond donors (Lipinski definition) is 2. The minimum absolute atomic E-state index is 0. The predicted molar refractivity (Wildman–Crippen MR) is 86.5 cm³/mol. The van der Waals surface area contributed by atoms with E-state index in [1.165, 1.54) is 0 Å². The lowest BCUT2D eigenvalue weighted by atomic mass is 9.99. The lowest BCUT2D eigenvalue weighted by Gasteiger charge is -2.17. The molecule has 6 heteroatoms. The Morgan fingerprint density at radius 1 is 1.43 bits per heavy atom. The summed E-state index contributed by atoms with van der Waals surface area (Å²) in [4.78, 5) is 16.0. The second-order valence-electron chi connectivity index (χ2n) is 4.98. The quantitative estimate of drug-likeness (QED) is 0.771. The van der Waals surface area contributed by atoms with E-state index in [0.717, 1.165) is 18.4 Å². The molecule has 1 heterocycles. The molecular weight excluding hydrogens is 290 g/mol. The average Bonchev–Trinajstić information content (AvgIpc) is 2.49. The van der Waals surface area contributed by atoms with Crippen molar-refractivity contribution in [2.24, 2.45) is 11.7 Å². The summed E-state index contributed by atoms with van der Waals surface area (Å²) >= 11 is 0. The summed E-state index contributed by atoms with van der Waals surface area (Å²) in [6, 6.07) is 3.25. The summed E-state index contributed by atoms with van der Waals surface area (Å²) in [5.74, 6) is 0.668. The molecule has 5 nitrogen and oxygen atoms in total. The highest BCUT2D eigenvalue weighted by Crippen LogP contribution is 2.09. The second-order valence-corrected chi connectivity index (χ2v) is 4.98. The van der Waals surface area contributed by atoms with Gasteiger partial charge in [-0.1, -0.05) is 33.3 Å². The van der Waals surface area contributed by atoms with Crippen LogP contribution in [0.3, 0.4) is 0 Å². The zero-order valence-electron chi connectivity index (χ0n) is 13.0. The number of carbonyl (C=O) groups excluding carboxylic acids is 1. The number of amides is 1. The molecule has 3 N–H and O–H groups in total. The molecule has 1 aromatic rings. The standard InChI is InChI=1S/C15H25N3O2.ClH/c1-4-8-20-13-7-6-12(9-17-13)10-18-15(19)14(16)11(3)5-2;/h6-7,9,11,14H,4-5,8,10,16H2,1-3H3,(H,18,19);1H. The molecule has 120 valence electrons. The number of hydrogen-bond acceptors (Lipinski definition) is 4. The van der Waals surface area contributed by atoms with Gasteiger partial charge in [-0.2, -0.15) is 0 Å². The van der Waals surface area contributed by atoms with E-state index in [-0.39, 0.29) is 24.2 Å². The predicted octanol–water partition coefficient (Wildman–Crippen LogP) is 2.28. The van der Waals surface area contributed by atoms with Crippen LogP contribution in [0.15, 0.2) is 18.3 Å². The van der Waals surface area contributed by atoms with Gasteiger partial charge in [0.2, 0.25) is 11.8 Å². The molecule has 0 bridgehead atoms. The summed E-state index contributed by atoms with van der Waals surface area (Å²) in [7, 11) is 0. The van der Waals surface area contributed by atoms with Crippen molar-refractivity contribution >= 4 is 18.3 Å².